The summed E-state index contributed by atoms with van der Waals surface area (Å²) in [5.74, 6) is 0. The molecule has 0 spiro atoms. The normalized spacial score (nSPS) is 18.5. The zero-order valence-electron chi connectivity index (χ0n) is 7.47. The number of hydrogen-bond donors (Lipinski definition) is 0. The minimum absolute atomic E-state index is 0. The third-order valence-electron chi connectivity index (χ3n) is 2.36. The first-order valence-electron chi connectivity index (χ1n) is 4.18. The van der Waals surface area contributed by atoms with Crippen molar-refractivity contribution in [3.8, 4) is 0 Å². The molecule has 2 unspecified atom stereocenters. The molecule has 76 valence electrons. The molecule has 1 aromatic rings. The van der Waals surface area contributed by atoms with Crippen LogP contribution in [0.15, 0.2) is 18.2 Å². The average Bonchev–Trinajstić information content (AvgIpc) is 2.42. The quantitative estimate of drug-likeness (QED) is 0.443. The van der Waals surface area contributed by atoms with E-state index in [1.54, 1.807) is 29.0 Å². The van der Waals surface area contributed by atoms with Crippen LogP contribution in [0, 0.1) is 10.1 Å². The minimum atomic E-state index is -0.325. The van der Waals surface area contributed by atoms with Crippen molar-refractivity contribution < 1.29 is 4.92 Å². The van der Waals surface area contributed by atoms with Gasteiger partial charge in [-0.25, -0.2) is 0 Å². The van der Waals surface area contributed by atoms with Gasteiger partial charge in [-0.15, -0.1) is 12.4 Å². The van der Waals surface area contributed by atoms with E-state index in [9.17, 15) is 10.1 Å². The predicted molar refractivity (Wildman–Crippen MR) is 60.0 cm³/mol. The summed E-state index contributed by atoms with van der Waals surface area (Å²) in [6, 6.07) is 5.21. The van der Waals surface area contributed by atoms with Crippen molar-refractivity contribution in [2.24, 2.45) is 0 Å². The molecule has 0 aromatic heterocycles. The summed E-state index contributed by atoms with van der Waals surface area (Å²) in [6.45, 7) is 0. The second kappa shape index (κ2) is 4.33. The Bertz CT molecular complexity index is 370. The number of nitro benzene ring substituents is 1. The molecular weight excluding hydrogens is 264 g/mol. The number of benzene rings is 1. The van der Waals surface area contributed by atoms with E-state index < -0.39 is 0 Å². The van der Waals surface area contributed by atoms with E-state index in [-0.39, 0.29) is 23.0 Å². The number of fused-ring (bicyclic) bond motifs is 1. The van der Waals surface area contributed by atoms with E-state index in [4.69, 9.17) is 0 Å². The fourth-order valence-corrected chi connectivity index (χ4v) is 2.82. The molecule has 0 aliphatic heterocycles. The topological polar surface area (TPSA) is 43.1 Å². The molecule has 2 rings (SSSR count). The number of hydrogen-bond acceptors (Lipinski definition) is 2. The molecule has 0 radical (unpaired) electrons. The van der Waals surface area contributed by atoms with Crippen LogP contribution in [-0.4, -0.2) is 21.8 Å². The van der Waals surface area contributed by atoms with Crippen LogP contribution in [0.2, 0.25) is 4.71 Å². The molecule has 0 heterocycles. The van der Waals surface area contributed by atoms with Gasteiger partial charge in [-0.2, -0.15) is 0 Å². The molecule has 0 saturated carbocycles. The van der Waals surface area contributed by atoms with Crippen molar-refractivity contribution in [3.05, 3.63) is 39.4 Å². The zero-order valence-corrected chi connectivity index (χ0v) is 10.7. The molecule has 0 fully saturated rings. The Morgan fingerprint density at radius 2 is 2.00 bits per heavy atom. The number of halogens is 1. The van der Waals surface area contributed by atoms with Crippen LogP contribution < -0.4 is 0 Å². The summed E-state index contributed by atoms with van der Waals surface area (Å²) in [5, 5.41) is 10.5. The molecule has 0 amide bonds. The van der Waals surface area contributed by atoms with Gasteiger partial charge in [0.2, 0.25) is 0 Å². The van der Waals surface area contributed by atoms with Gasteiger partial charge in [0.25, 0.3) is 0 Å². The molecule has 0 bridgehead atoms. The van der Waals surface area contributed by atoms with Crippen LogP contribution in [0.3, 0.4) is 0 Å². The summed E-state index contributed by atoms with van der Waals surface area (Å²) in [6.07, 6.45) is 2.10. The molecule has 0 N–H and O–H groups in total. The van der Waals surface area contributed by atoms with Gasteiger partial charge in [-0.1, -0.05) is 0 Å². The predicted octanol–water partition coefficient (Wildman–Crippen LogP) is 1.54. The van der Waals surface area contributed by atoms with Gasteiger partial charge < -0.3 is 0 Å². The summed E-state index contributed by atoms with van der Waals surface area (Å²) < 4.78 is 0.699. The van der Waals surface area contributed by atoms with Crippen molar-refractivity contribution >= 4 is 34.9 Å². The third-order valence-corrected chi connectivity index (χ3v) is 3.35. The van der Waals surface area contributed by atoms with E-state index in [0.717, 1.165) is 12.8 Å². The molecule has 0 saturated heterocycles. The van der Waals surface area contributed by atoms with E-state index >= 15 is 0 Å². The van der Waals surface area contributed by atoms with Crippen molar-refractivity contribution in [2.75, 3.05) is 0 Å². The number of nitro groups is 1. The molecule has 2 atom stereocenters. The van der Waals surface area contributed by atoms with Crippen LogP contribution in [0.5, 0.6) is 0 Å². The maximum absolute atomic E-state index is 10.5. The summed E-state index contributed by atoms with van der Waals surface area (Å²) in [7, 11) is 0. The van der Waals surface area contributed by atoms with Crippen molar-refractivity contribution in [1.82, 2.24) is 0 Å². The molecular formula is C9H11AsClNO2. The zero-order chi connectivity index (χ0) is 9.42. The fraction of sp³-hybridized carbons (Fsp3) is 0.333. The van der Waals surface area contributed by atoms with Crippen molar-refractivity contribution in [3.63, 3.8) is 0 Å². The van der Waals surface area contributed by atoms with Gasteiger partial charge in [0.1, 0.15) is 0 Å². The molecule has 1 aliphatic carbocycles. The molecule has 5 heteroatoms. The van der Waals surface area contributed by atoms with E-state index in [2.05, 4.69) is 0 Å². The Labute approximate surface area is 96.9 Å². The van der Waals surface area contributed by atoms with E-state index in [0.29, 0.717) is 4.71 Å². The second-order valence-electron chi connectivity index (χ2n) is 3.38. The standard InChI is InChI=1S/C9H10AsNO2.ClH/c10-8-3-6-1-2-9(11(12)13)5-7(6)4-8;/h1-2,5,8H,3-4,10H2;1H. The van der Waals surface area contributed by atoms with Crippen LogP contribution in [0.1, 0.15) is 11.1 Å². The molecule has 14 heavy (non-hydrogen) atoms. The third kappa shape index (κ3) is 2.10. The monoisotopic (exact) mass is 275 g/mol. The molecule has 3 nitrogen and oxygen atoms in total. The number of non-ortho nitro benzene ring substituents is 1. The average molecular weight is 276 g/mol. The van der Waals surface area contributed by atoms with Crippen LogP contribution >= 0.6 is 12.4 Å². The van der Waals surface area contributed by atoms with Crippen molar-refractivity contribution in [1.29, 1.82) is 0 Å². The summed E-state index contributed by atoms with van der Waals surface area (Å²) in [4.78, 5) is 10.2. The van der Waals surface area contributed by atoms with Gasteiger partial charge in [-0.3, -0.25) is 0 Å². The van der Waals surface area contributed by atoms with Crippen molar-refractivity contribution in [2.45, 2.75) is 17.5 Å². The van der Waals surface area contributed by atoms with Gasteiger partial charge in [0, 0.05) is 0 Å². The van der Waals surface area contributed by atoms with E-state index in [1.807, 2.05) is 6.07 Å². The first-order chi connectivity index (χ1) is 6.16. The first-order valence-corrected chi connectivity index (χ1v) is 5.58. The number of rotatable bonds is 1. The Kier molecular flexibility index (Phi) is 3.57. The number of nitrogens with zero attached hydrogens (tertiary/aromatic N) is 1. The Hall–Kier alpha value is -0.532. The first kappa shape index (κ1) is 11.5. The molecule has 1 aromatic carbocycles. The second-order valence-corrected chi connectivity index (χ2v) is 5.36. The van der Waals surface area contributed by atoms with Crippen LogP contribution in [0.4, 0.5) is 5.69 Å². The Morgan fingerprint density at radius 3 is 2.64 bits per heavy atom. The molecule has 1 aliphatic rings. The van der Waals surface area contributed by atoms with Crippen LogP contribution in [-0.2, 0) is 12.8 Å². The van der Waals surface area contributed by atoms with Gasteiger partial charge in [0.05, 0.1) is 0 Å². The SMILES string of the molecule is Cl.O=[N+]([O-])c1ccc2c(c1)CC([AsH2])C2. The van der Waals surface area contributed by atoms with Gasteiger partial charge in [0.15, 0.2) is 0 Å². The Balaban J connectivity index is 0.000000980. The van der Waals surface area contributed by atoms with Gasteiger partial charge >= 0.3 is 84.5 Å². The van der Waals surface area contributed by atoms with Gasteiger partial charge in [-0.05, 0) is 0 Å². The fourth-order valence-electron chi connectivity index (χ4n) is 1.75. The van der Waals surface area contributed by atoms with Crippen LogP contribution in [0.25, 0.3) is 0 Å². The maximum atomic E-state index is 10.5. The summed E-state index contributed by atoms with van der Waals surface area (Å²) in [5.41, 5.74) is 2.68. The van der Waals surface area contributed by atoms with E-state index in [1.165, 1.54) is 11.1 Å². The summed E-state index contributed by atoms with van der Waals surface area (Å²) >= 11 is 1.73. The Morgan fingerprint density at radius 1 is 1.36 bits per heavy atom.